The highest BCUT2D eigenvalue weighted by Crippen LogP contribution is 2.17. The Morgan fingerprint density at radius 2 is 1.76 bits per heavy atom. The molecule has 1 heterocycles. The number of hydrogen-bond acceptors (Lipinski definition) is 4. The minimum Gasteiger partial charge on any atom is -0.326 e. The van der Waals surface area contributed by atoms with E-state index in [9.17, 15) is 14.4 Å². The van der Waals surface area contributed by atoms with Crippen molar-refractivity contribution in [1.82, 2.24) is 3.96 Å². The molecule has 0 saturated carbocycles. The Bertz CT molecular complexity index is 990. The second-order valence-corrected chi connectivity index (χ2v) is 6.62. The third-order valence-electron chi connectivity index (χ3n) is 3.56. The van der Waals surface area contributed by atoms with Crippen molar-refractivity contribution < 1.29 is 9.59 Å². The molecule has 0 unspecified atom stereocenters. The smallest absolute Gasteiger partial charge is 0.268 e. The number of rotatable bonds is 5. The zero-order valence-corrected chi connectivity index (χ0v) is 14.4. The minimum atomic E-state index is -0.190. The summed E-state index contributed by atoms with van der Waals surface area (Å²) in [7, 11) is 0. The fourth-order valence-electron chi connectivity index (χ4n) is 2.47. The third-order valence-corrected chi connectivity index (χ3v) is 4.68. The SMILES string of the molecule is CC(=O)Nc1cccc(NC(=O)CCn2sc3ccccc3c2=O)c1. The van der Waals surface area contributed by atoms with Crippen LogP contribution < -0.4 is 16.2 Å². The molecule has 0 atom stereocenters. The molecule has 1 aromatic heterocycles. The summed E-state index contributed by atoms with van der Waals surface area (Å²) in [4.78, 5) is 35.5. The topological polar surface area (TPSA) is 80.2 Å². The first-order chi connectivity index (χ1) is 12.0. The van der Waals surface area contributed by atoms with Crippen LogP contribution in [0, 0.1) is 0 Å². The maximum atomic E-state index is 12.2. The third kappa shape index (κ3) is 4.13. The molecular weight excluding hydrogens is 338 g/mol. The lowest BCUT2D eigenvalue weighted by molar-refractivity contribution is -0.116. The molecule has 6 nitrogen and oxygen atoms in total. The van der Waals surface area contributed by atoms with Gasteiger partial charge in [-0.15, -0.1) is 0 Å². The molecule has 0 radical (unpaired) electrons. The molecule has 0 bridgehead atoms. The number of hydrogen-bond donors (Lipinski definition) is 2. The van der Waals surface area contributed by atoms with Gasteiger partial charge in [0, 0.05) is 31.3 Å². The van der Waals surface area contributed by atoms with Gasteiger partial charge in [-0.25, -0.2) is 0 Å². The molecule has 3 rings (SSSR count). The lowest BCUT2D eigenvalue weighted by Crippen LogP contribution is -2.19. The van der Waals surface area contributed by atoms with Gasteiger partial charge in [-0.1, -0.05) is 29.7 Å². The molecule has 0 aliphatic rings. The van der Waals surface area contributed by atoms with Crippen LogP contribution in [0.3, 0.4) is 0 Å². The largest absolute Gasteiger partial charge is 0.326 e. The van der Waals surface area contributed by atoms with E-state index < -0.39 is 0 Å². The molecule has 0 aliphatic carbocycles. The van der Waals surface area contributed by atoms with E-state index in [1.807, 2.05) is 18.2 Å². The molecule has 0 aliphatic heterocycles. The summed E-state index contributed by atoms with van der Waals surface area (Å²) in [5, 5.41) is 6.12. The number of carbonyl (C=O) groups excluding carboxylic acids is 2. The van der Waals surface area contributed by atoms with E-state index in [1.54, 1.807) is 34.3 Å². The zero-order valence-electron chi connectivity index (χ0n) is 13.6. The molecule has 2 N–H and O–H groups in total. The van der Waals surface area contributed by atoms with E-state index in [1.165, 1.54) is 18.5 Å². The summed E-state index contributed by atoms with van der Waals surface area (Å²) >= 11 is 1.36. The predicted octanol–water partition coefficient (Wildman–Crippen LogP) is 3.05. The second kappa shape index (κ2) is 7.31. The summed E-state index contributed by atoms with van der Waals surface area (Å²) < 4.78 is 2.51. The van der Waals surface area contributed by atoms with Crippen molar-refractivity contribution in [3.05, 3.63) is 58.9 Å². The van der Waals surface area contributed by atoms with Gasteiger partial charge < -0.3 is 10.6 Å². The van der Waals surface area contributed by atoms with Gasteiger partial charge in [0.15, 0.2) is 0 Å². The van der Waals surface area contributed by atoms with Crippen LogP contribution in [0.2, 0.25) is 0 Å². The van der Waals surface area contributed by atoms with Crippen LogP contribution >= 0.6 is 11.5 Å². The Kier molecular flexibility index (Phi) is 4.95. The highest BCUT2D eigenvalue weighted by atomic mass is 32.1. The van der Waals surface area contributed by atoms with E-state index >= 15 is 0 Å². The van der Waals surface area contributed by atoms with E-state index in [0.717, 1.165) is 4.70 Å². The number of aryl methyl sites for hydroxylation is 1. The minimum absolute atomic E-state index is 0.0685. The first-order valence-corrected chi connectivity index (χ1v) is 8.56. The van der Waals surface area contributed by atoms with Crippen molar-refractivity contribution in [2.45, 2.75) is 19.9 Å². The fourth-order valence-corrected chi connectivity index (χ4v) is 3.46. The van der Waals surface area contributed by atoms with E-state index in [0.29, 0.717) is 23.3 Å². The van der Waals surface area contributed by atoms with Crippen molar-refractivity contribution in [2.24, 2.45) is 0 Å². The summed E-state index contributed by atoms with van der Waals surface area (Å²) in [6, 6.07) is 14.3. The summed E-state index contributed by atoms with van der Waals surface area (Å²) in [5.74, 6) is -0.364. The summed E-state index contributed by atoms with van der Waals surface area (Å²) in [6.45, 7) is 1.75. The number of benzene rings is 2. The average Bonchev–Trinajstić information content (AvgIpc) is 2.89. The number of nitrogens with one attached hydrogen (secondary N) is 2. The molecule has 0 spiro atoms. The van der Waals surface area contributed by atoms with Gasteiger partial charge in [0.25, 0.3) is 5.56 Å². The number of amides is 2. The Morgan fingerprint density at radius 3 is 2.48 bits per heavy atom. The maximum absolute atomic E-state index is 12.2. The summed E-state index contributed by atoms with van der Waals surface area (Å²) in [5.41, 5.74) is 1.15. The highest BCUT2D eigenvalue weighted by Gasteiger charge is 2.09. The second-order valence-electron chi connectivity index (χ2n) is 5.55. The first kappa shape index (κ1) is 16.9. The lowest BCUT2D eigenvalue weighted by Gasteiger charge is -2.08. The predicted molar refractivity (Wildman–Crippen MR) is 100 cm³/mol. The van der Waals surface area contributed by atoms with Gasteiger partial charge in [-0.3, -0.25) is 18.3 Å². The van der Waals surface area contributed by atoms with Gasteiger partial charge in [0.2, 0.25) is 11.8 Å². The molecule has 128 valence electrons. The number of aromatic nitrogens is 1. The van der Waals surface area contributed by atoms with E-state index in [2.05, 4.69) is 10.6 Å². The first-order valence-electron chi connectivity index (χ1n) is 7.79. The van der Waals surface area contributed by atoms with Gasteiger partial charge in [-0.05, 0) is 30.3 Å². The van der Waals surface area contributed by atoms with Crippen LogP contribution in [0.25, 0.3) is 10.1 Å². The maximum Gasteiger partial charge on any atom is 0.268 e. The number of nitrogens with zero attached hydrogens (tertiary/aromatic N) is 1. The molecule has 7 heteroatoms. The van der Waals surface area contributed by atoms with Gasteiger partial charge in [0.05, 0.1) is 10.1 Å². The van der Waals surface area contributed by atoms with Crippen LogP contribution in [-0.2, 0) is 16.1 Å². The van der Waals surface area contributed by atoms with Gasteiger partial charge in [0.1, 0.15) is 0 Å². The van der Waals surface area contributed by atoms with E-state index in [-0.39, 0.29) is 23.8 Å². The van der Waals surface area contributed by atoms with Crippen molar-refractivity contribution in [3.63, 3.8) is 0 Å². The van der Waals surface area contributed by atoms with Crippen molar-refractivity contribution in [2.75, 3.05) is 10.6 Å². The van der Waals surface area contributed by atoms with Crippen molar-refractivity contribution >= 4 is 44.8 Å². The molecular formula is C18H17N3O3S. The molecule has 3 aromatic rings. The lowest BCUT2D eigenvalue weighted by atomic mass is 10.2. The van der Waals surface area contributed by atoms with Crippen molar-refractivity contribution in [1.29, 1.82) is 0 Å². The number of anilines is 2. The van der Waals surface area contributed by atoms with E-state index in [4.69, 9.17) is 0 Å². The van der Waals surface area contributed by atoms with Crippen LogP contribution in [-0.4, -0.2) is 15.8 Å². The Morgan fingerprint density at radius 1 is 1.04 bits per heavy atom. The summed E-state index contributed by atoms with van der Waals surface area (Å²) in [6.07, 6.45) is 0.192. The average molecular weight is 355 g/mol. The standard InChI is InChI=1S/C18H17N3O3S/c1-12(22)19-13-5-4-6-14(11-13)20-17(23)9-10-21-18(24)15-7-2-3-8-16(15)25-21/h2-8,11H,9-10H2,1H3,(H,19,22)(H,20,23). The Balaban J connectivity index is 1.64. The highest BCUT2D eigenvalue weighted by molar-refractivity contribution is 7.13. The monoisotopic (exact) mass is 355 g/mol. The van der Waals surface area contributed by atoms with Crippen LogP contribution in [0.15, 0.2) is 53.3 Å². The quantitative estimate of drug-likeness (QED) is 0.738. The molecule has 0 saturated heterocycles. The molecule has 2 aromatic carbocycles. The molecule has 2 amide bonds. The molecule has 0 fully saturated rings. The number of carbonyl (C=O) groups is 2. The zero-order chi connectivity index (χ0) is 17.8. The normalized spacial score (nSPS) is 10.6. The van der Waals surface area contributed by atoms with Crippen LogP contribution in [0.5, 0.6) is 0 Å². The van der Waals surface area contributed by atoms with Crippen LogP contribution in [0.1, 0.15) is 13.3 Å². The van der Waals surface area contributed by atoms with Crippen molar-refractivity contribution in [3.8, 4) is 0 Å². The van der Waals surface area contributed by atoms with Gasteiger partial charge >= 0.3 is 0 Å². The fraction of sp³-hybridized carbons (Fsp3) is 0.167. The number of fused-ring (bicyclic) bond motifs is 1. The van der Waals surface area contributed by atoms with Crippen LogP contribution in [0.4, 0.5) is 11.4 Å². The van der Waals surface area contributed by atoms with Gasteiger partial charge in [-0.2, -0.15) is 0 Å². The Hall–Kier alpha value is -2.93. The Labute approximate surface area is 148 Å². The molecule has 25 heavy (non-hydrogen) atoms.